The average molecular weight is 292 g/mol. The summed E-state index contributed by atoms with van der Waals surface area (Å²) in [5.41, 5.74) is 0.831. The molecule has 0 aliphatic carbocycles. The maximum atomic E-state index is 11.7. The van der Waals surface area contributed by atoms with Gasteiger partial charge in [-0.2, -0.15) is 5.26 Å². The molecule has 0 fully saturated rings. The van der Waals surface area contributed by atoms with Crippen molar-refractivity contribution in [3.05, 3.63) is 40.6 Å². The molecule has 1 heterocycles. The number of amides is 1. The predicted octanol–water partition coefficient (Wildman–Crippen LogP) is 2.53. The lowest BCUT2D eigenvalue weighted by molar-refractivity contribution is -0.118. The van der Waals surface area contributed by atoms with Crippen LogP contribution in [0.15, 0.2) is 28.8 Å². The number of anilines is 1. The summed E-state index contributed by atoms with van der Waals surface area (Å²) in [6.45, 7) is 1.52. The van der Waals surface area contributed by atoms with Crippen LogP contribution in [0.25, 0.3) is 0 Å². The van der Waals surface area contributed by atoms with E-state index < -0.39 is 0 Å². The maximum Gasteiger partial charge on any atom is 0.262 e. The molecule has 0 saturated carbocycles. The summed E-state index contributed by atoms with van der Waals surface area (Å²) >= 11 is 5.86. The van der Waals surface area contributed by atoms with Gasteiger partial charge in [-0.25, -0.2) is 0 Å². The molecular formula is C13H10ClN3O3. The Morgan fingerprint density at radius 1 is 1.55 bits per heavy atom. The number of benzene rings is 1. The summed E-state index contributed by atoms with van der Waals surface area (Å²) in [4.78, 5) is 11.7. The van der Waals surface area contributed by atoms with Gasteiger partial charge in [0.15, 0.2) is 6.61 Å². The number of nitrogens with one attached hydrogen (secondary N) is 1. The van der Waals surface area contributed by atoms with Crippen molar-refractivity contribution >= 4 is 23.2 Å². The van der Waals surface area contributed by atoms with Gasteiger partial charge in [0.05, 0.1) is 10.6 Å². The van der Waals surface area contributed by atoms with Crippen LogP contribution in [0.2, 0.25) is 5.02 Å². The molecule has 0 aliphatic rings. The number of hydrogen-bond acceptors (Lipinski definition) is 5. The number of aryl methyl sites for hydroxylation is 1. The predicted molar refractivity (Wildman–Crippen MR) is 71.5 cm³/mol. The smallest absolute Gasteiger partial charge is 0.262 e. The Balaban J connectivity index is 1.91. The zero-order valence-corrected chi connectivity index (χ0v) is 11.3. The molecule has 7 heteroatoms. The highest BCUT2D eigenvalue weighted by Crippen LogP contribution is 2.20. The molecule has 0 aliphatic heterocycles. The number of rotatable bonds is 4. The summed E-state index contributed by atoms with van der Waals surface area (Å²) in [5.74, 6) is 0.473. The SMILES string of the molecule is Cc1cc(OCC(=O)Nc2ccc(C#N)c(Cl)c2)no1. The lowest BCUT2D eigenvalue weighted by Gasteiger charge is -2.06. The maximum absolute atomic E-state index is 11.7. The molecule has 0 bridgehead atoms. The summed E-state index contributed by atoms with van der Waals surface area (Å²) in [7, 11) is 0. The summed E-state index contributed by atoms with van der Waals surface area (Å²) < 4.78 is 9.94. The van der Waals surface area contributed by atoms with Crippen LogP contribution in [0.3, 0.4) is 0 Å². The number of nitrogens with zero attached hydrogens (tertiary/aromatic N) is 2. The second kappa shape index (κ2) is 6.08. The minimum absolute atomic E-state index is 0.205. The third kappa shape index (κ3) is 3.49. The fourth-order valence-electron chi connectivity index (χ4n) is 1.43. The van der Waals surface area contributed by atoms with Crippen LogP contribution in [0, 0.1) is 18.3 Å². The van der Waals surface area contributed by atoms with Gasteiger partial charge in [0, 0.05) is 11.8 Å². The van der Waals surface area contributed by atoms with Gasteiger partial charge in [-0.3, -0.25) is 4.79 Å². The van der Waals surface area contributed by atoms with E-state index >= 15 is 0 Å². The summed E-state index contributed by atoms with van der Waals surface area (Å²) in [6.07, 6.45) is 0. The van der Waals surface area contributed by atoms with Gasteiger partial charge >= 0.3 is 0 Å². The monoisotopic (exact) mass is 291 g/mol. The van der Waals surface area contributed by atoms with Crippen LogP contribution in [-0.2, 0) is 4.79 Å². The van der Waals surface area contributed by atoms with Gasteiger partial charge < -0.3 is 14.6 Å². The van der Waals surface area contributed by atoms with Crippen LogP contribution >= 0.6 is 11.6 Å². The van der Waals surface area contributed by atoms with Crippen LogP contribution in [0.5, 0.6) is 5.88 Å². The molecule has 1 aromatic carbocycles. The first-order valence-electron chi connectivity index (χ1n) is 5.64. The van der Waals surface area contributed by atoms with Gasteiger partial charge in [-0.15, -0.1) is 0 Å². The van der Waals surface area contributed by atoms with E-state index in [4.69, 9.17) is 26.1 Å². The minimum Gasteiger partial charge on any atom is -0.465 e. The number of halogens is 1. The molecule has 0 spiro atoms. The van der Waals surface area contributed by atoms with E-state index in [0.717, 1.165) is 0 Å². The lowest BCUT2D eigenvalue weighted by Crippen LogP contribution is -2.20. The third-order valence-corrected chi connectivity index (χ3v) is 2.64. The highest BCUT2D eigenvalue weighted by Gasteiger charge is 2.08. The molecule has 20 heavy (non-hydrogen) atoms. The fourth-order valence-corrected chi connectivity index (χ4v) is 1.65. The molecule has 1 amide bonds. The van der Waals surface area contributed by atoms with E-state index in [9.17, 15) is 4.79 Å². The molecule has 1 aromatic heterocycles. The Bertz CT molecular complexity index is 676. The van der Waals surface area contributed by atoms with Crippen molar-refractivity contribution in [2.24, 2.45) is 0 Å². The Morgan fingerprint density at radius 2 is 2.35 bits per heavy atom. The Morgan fingerprint density at radius 3 is 2.95 bits per heavy atom. The molecule has 2 rings (SSSR count). The van der Waals surface area contributed by atoms with Crippen molar-refractivity contribution in [2.45, 2.75) is 6.92 Å². The zero-order valence-electron chi connectivity index (χ0n) is 10.5. The van der Waals surface area contributed by atoms with Gasteiger partial charge in [-0.05, 0) is 30.3 Å². The quantitative estimate of drug-likeness (QED) is 0.935. The van der Waals surface area contributed by atoms with Gasteiger partial charge in [0.1, 0.15) is 11.8 Å². The molecule has 2 aromatic rings. The summed E-state index contributed by atoms with van der Waals surface area (Å²) in [6, 6.07) is 8.12. The number of carbonyl (C=O) groups excluding carboxylic acids is 1. The molecule has 0 atom stereocenters. The van der Waals surface area contributed by atoms with Crippen molar-refractivity contribution in [1.29, 1.82) is 5.26 Å². The topological polar surface area (TPSA) is 88.1 Å². The number of carbonyl (C=O) groups is 1. The fraction of sp³-hybridized carbons (Fsp3) is 0.154. The first-order valence-corrected chi connectivity index (χ1v) is 6.02. The van der Waals surface area contributed by atoms with E-state index in [1.165, 1.54) is 12.1 Å². The van der Waals surface area contributed by atoms with Gasteiger partial charge in [-0.1, -0.05) is 11.6 Å². The standard InChI is InChI=1S/C13H10ClN3O3/c1-8-4-13(17-20-8)19-7-12(18)16-10-3-2-9(6-15)11(14)5-10/h2-5H,7H2,1H3,(H,16,18). The van der Waals surface area contributed by atoms with Gasteiger partial charge in [0.25, 0.3) is 11.8 Å². The minimum atomic E-state index is -0.369. The lowest BCUT2D eigenvalue weighted by atomic mass is 10.2. The zero-order chi connectivity index (χ0) is 14.5. The van der Waals surface area contributed by atoms with Crippen molar-refractivity contribution in [2.75, 3.05) is 11.9 Å². The molecular weight excluding hydrogens is 282 g/mol. The van der Waals surface area contributed by atoms with Crippen LogP contribution in [-0.4, -0.2) is 17.7 Å². The first-order chi connectivity index (χ1) is 9.58. The van der Waals surface area contributed by atoms with E-state index in [1.54, 1.807) is 19.1 Å². The largest absolute Gasteiger partial charge is 0.465 e. The van der Waals surface area contributed by atoms with Crippen molar-refractivity contribution in [3.8, 4) is 11.9 Å². The normalized spacial score (nSPS) is 9.85. The highest BCUT2D eigenvalue weighted by molar-refractivity contribution is 6.32. The number of hydrogen-bond donors (Lipinski definition) is 1. The van der Waals surface area contributed by atoms with Crippen molar-refractivity contribution in [3.63, 3.8) is 0 Å². The number of nitriles is 1. The van der Waals surface area contributed by atoms with Crippen LogP contribution in [0.1, 0.15) is 11.3 Å². The van der Waals surface area contributed by atoms with E-state index in [1.807, 2.05) is 6.07 Å². The number of ether oxygens (including phenoxy) is 1. The third-order valence-electron chi connectivity index (χ3n) is 2.33. The average Bonchev–Trinajstić information content (AvgIpc) is 2.82. The number of aromatic nitrogens is 1. The van der Waals surface area contributed by atoms with E-state index in [2.05, 4.69) is 10.5 Å². The molecule has 0 unspecified atom stereocenters. The molecule has 0 radical (unpaired) electrons. The molecule has 0 saturated heterocycles. The van der Waals surface area contributed by atoms with Crippen LogP contribution < -0.4 is 10.1 Å². The van der Waals surface area contributed by atoms with E-state index in [0.29, 0.717) is 17.0 Å². The molecule has 6 nitrogen and oxygen atoms in total. The van der Waals surface area contributed by atoms with Crippen LogP contribution in [0.4, 0.5) is 5.69 Å². The Kier molecular flexibility index (Phi) is 4.23. The van der Waals surface area contributed by atoms with Gasteiger partial charge in [0.2, 0.25) is 0 Å². The van der Waals surface area contributed by atoms with E-state index in [-0.39, 0.29) is 23.4 Å². The second-order valence-electron chi connectivity index (χ2n) is 3.92. The van der Waals surface area contributed by atoms with Crippen molar-refractivity contribution in [1.82, 2.24) is 5.16 Å². The Labute approximate surface area is 119 Å². The summed E-state index contributed by atoms with van der Waals surface area (Å²) in [5, 5.41) is 15.2. The first kappa shape index (κ1) is 13.9. The molecule has 102 valence electrons. The Hall–Kier alpha value is -2.52. The molecule has 1 N–H and O–H groups in total. The van der Waals surface area contributed by atoms with Crippen molar-refractivity contribution < 1.29 is 14.1 Å². The highest BCUT2D eigenvalue weighted by atomic mass is 35.5. The second-order valence-corrected chi connectivity index (χ2v) is 4.33.